The summed E-state index contributed by atoms with van der Waals surface area (Å²) >= 11 is 2.12. The fourth-order valence-electron chi connectivity index (χ4n) is 4.88. The number of hydrogen-bond donors (Lipinski definition) is 1. The minimum atomic E-state index is 0.606. The fourth-order valence-corrected chi connectivity index (χ4v) is 5.81. The summed E-state index contributed by atoms with van der Waals surface area (Å²) in [4.78, 5) is 0. The average Bonchev–Trinajstić information content (AvgIpc) is 2.48. The van der Waals surface area contributed by atoms with E-state index in [9.17, 15) is 0 Å². The van der Waals surface area contributed by atoms with Gasteiger partial charge in [0.15, 0.2) is 0 Å². The summed E-state index contributed by atoms with van der Waals surface area (Å²) in [5.74, 6) is 2.05. The predicted octanol–water partition coefficient (Wildman–Crippen LogP) is 5.00. The maximum Gasteiger partial charge on any atom is 0.0281 e. The Labute approximate surface area is 130 Å². The molecule has 0 radical (unpaired) electrons. The van der Waals surface area contributed by atoms with Crippen LogP contribution >= 0.6 is 11.8 Å². The van der Waals surface area contributed by atoms with Gasteiger partial charge >= 0.3 is 0 Å². The van der Waals surface area contributed by atoms with E-state index in [4.69, 9.17) is 0 Å². The van der Waals surface area contributed by atoms with Crippen molar-refractivity contribution in [2.24, 2.45) is 11.8 Å². The summed E-state index contributed by atoms with van der Waals surface area (Å²) in [6.45, 7) is 1.28. The summed E-state index contributed by atoms with van der Waals surface area (Å²) < 4.78 is 0.606. The second kappa shape index (κ2) is 7.05. The van der Waals surface area contributed by atoms with Crippen LogP contribution in [0, 0.1) is 11.8 Å². The molecule has 2 unspecified atom stereocenters. The summed E-state index contributed by atoms with van der Waals surface area (Å²) in [6.07, 6.45) is 20.1. The zero-order chi connectivity index (χ0) is 13.8. The lowest BCUT2D eigenvalue weighted by atomic mass is 9.70. The minimum absolute atomic E-state index is 0.606. The molecule has 3 rings (SSSR count). The van der Waals surface area contributed by atoms with Gasteiger partial charge in [-0.2, -0.15) is 11.8 Å². The monoisotopic (exact) mass is 295 g/mol. The quantitative estimate of drug-likeness (QED) is 0.766. The molecule has 0 saturated heterocycles. The second-order valence-electron chi connectivity index (χ2n) is 7.57. The van der Waals surface area contributed by atoms with Crippen LogP contribution in [-0.2, 0) is 0 Å². The van der Waals surface area contributed by atoms with E-state index in [1.54, 1.807) is 0 Å². The van der Waals surface area contributed by atoms with Crippen LogP contribution in [0.4, 0.5) is 0 Å². The molecule has 3 fully saturated rings. The van der Waals surface area contributed by atoms with Gasteiger partial charge in [0, 0.05) is 17.3 Å². The summed E-state index contributed by atoms with van der Waals surface area (Å²) in [7, 11) is 0. The molecule has 1 nitrogen and oxygen atoms in total. The number of nitrogens with one attached hydrogen (secondary N) is 1. The Morgan fingerprint density at radius 1 is 0.900 bits per heavy atom. The highest BCUT2D eigenvalue weighted by Gasteiger charge is 2.38. The van der Waals surface area contributed by atoms with E-state index < -0.39 is 0 Å². The maximum absolute atomic E-state index is 4.04. The third-order valence-electron chi connectivity index (χ3n) is 6.46. The van der Waals surface area contributed by atoms with Crippen molar-refractivity contribution in [2.45, 2.75) is 87.8 Å². The SMILES string of the molecule is CSC1(CNC2CCCCC2C2CCCCC2)CCC1. The predicted molar refractivity (Wildman–Crippen MR) is 90.4 cm³/mol. The molecule has 3 saturated carbocycles. The first-order valence-electron chi connectivity index (χ1n) is 9.11. The second-order valence-corrected chi connectivity index (χ2v) is 8.85. The molecule has 0 aliphatic heterocycles. The Morgan fingerprint density at radius 3 is 2.25 bits per heavy atom. The standard InChI is InChI=1S/C18H33NS/c1-20-18(12-7-13-18)14-19-17-11-6-5-10-16(17)15-8-3-2-4-9-15/h15-17,19H,2-14H2,1H3. The van der Waals surface area contributed by atoms with Crippen molar-refractivity contribution >= 4 is 11.8 Å². The normalized spacial score (nSPS) is 34.6. The molecule has 0 heterocycles. The lowest BCUT2D eigenvalue weighted by Crippen LogP contribution is -2.50. The van der Waals surface area contributed by atoms with Crippen LogP contribution < -0.4 is 5.32 Å². The molecule has 0 amide bonds. The highest BCUT2D eigenvalue weighted by atomic mass is 32.2. The van der Waals surface area contributed by atoms with Crippen molar-refractivity contribution in [1.82, 2.24) is 5.32 Å². The first kappa shape index (κ1) is 15.2. The summed E-state index contributed by atoms with van der Waals surface area (Å²) in [5.41, 5.74) is 0. The molecular formula is C18H33NS. The molecule has 116 valence electrons. The van der Waals surface area contributed by atoms with E-state index in [1.807, 2.05) is 0 Å². The molecule has 0 aromatic heterocycles. The van der Waals surface area contributed by atoms with Gasteiger partial charge in [-0.25, -0.2) is 0 Å². The molecule has 0 aromatic rings. The van der Waals surface area contributed by atoms with Gasteiger partial charge in [0.25, 0.3) is 0 Å². The largest absolute Gasteiger partial charge is 0.312 e. The molecule has 0 aromatic carbocycles. The van der Waals surface area contributed by atoms with Crippen LogP contribution in [0.5, 0.6) is 0 Å². The van der Waals surface area contributed by atoms with Crippen LogP contribution in [0.3, 0.4) is 0 Å². The van der Waals surface area contributed by atoms with E-state index in [-0.39, 0.29) is 0 Å². The minimum Gasteiger partial charge on any atom is -0.312 e. The van der Waals surface area contributed by atoms with Gasteiger partial charge in [0.1, 0.15) is 0 Å². The third-order valence-corrected chi connectivity index (χ3v) is 7.88. The maximum atomic E-state index is 4.04. The molecule has 0 bridgehead atoms. The molecule has 1 N–H and O–H groups in total. The van der Waals surface area contributed by atoms with Crippen LogP contribution in [0.2, 0.25) is 0 Å². The molecular weight excluding hydrogens is 262 g/mol. The molecule has 2 heteroatoms. The van der Waals surface area contributed by atoms with Crippen LogP contribution in [0.25, 0.3) is 0 Å². The van der Waals surface area contributed by atoms with Gasteiger partial charge < -0.3 is 5.32 Å². The van der Waals surface area contributed by atoms with Gasteiger partial charge in [-0.05, 0) is 43.8 Å². The highest BCUT2D eigenvalue weighted by Crippen LogP contribution is 2.43. The van der Waals surface area contributed by atoms with Crippen LogP contribution in [0.1, 0.15) is 77.0 Å². The first-order valence-corrected chi connectivity index (χ1v) is 10.3. The third kappa shape index (κ3) is 3.38. The van der Waals surface area contributed by atoms with E-state index in [2.05, 4.69) is 23.3 Å². The lowest BCUT2D eigenvalue weighted by molar-refractivity contribution is 0.144. The van der Waals surface area contributed by atoms with Crippen molar-refractivity contribution in [2.75, 3.05) is 12.8 Å². The van der Waals surface area contributed by atoms with Crippen molar-refractivity contribution in [3.05, 3.63) is 0 Å². The summed E-state index contributed by atoms with van der Waals surface area (Å²) in [5, 5.41) is 4.04. The Hall–Kier alpha value is 0.310. The Morgan fingerprint density at radius 2 is 1.60 bits per heavy atom. The van der Waals surface area contributed by atoms with Crippen molar-refractivity contribution < 1.29 is 0 Å². The molecule has 3 aliphatic rings. The number of thioether (sulfide) groups is 1. The van der Waals surface area contributed by atoms with Crippen LogP contribution in [-0.4, -0.2) is 23.6 Å². The Kier molecular flexibility index (Phi) is 5.36. The Bertz CT molecular complexity index is 288. The van der Waals surface area contributed by atoms with E-state index in [1.165, 1.54) is 83.6 Å². The lowest BCUT2D eigenvalue weighted by Gasteiger charge is -2.45. The molecule has 2 atom stereocenters. The van der Waals surface area contributed by atoms with Crippen molar-refractivity contribution in [1.29, 1.82) is 0 Å². The fraction of sp³-hybridized carbons (Fsp3) is 1.00. The number of rotatable bonds is 5. The Balaban J connectivity index is 1.54. The smallest absolute Gasteiger partial charge is 0.0281 e. The van der Waals surface area contributed by atoms with E-state index in [0.717, 1.165) is 17.9 Å². The van der Waals surface area contributed by atoms with Crippen molar-refractivity contribution in [3.8, 4) is 0 Å². The van der Waals surface area contributed by atoms with Gasteiger partial charge in [-0.1, -0.05) is 51.4 Å². The highest BCUT2D eigenvalue weighted by molar-refractivity contribution is 8.00. The van der Waals surface area contributed by atoms with Crippen LogP contribution in [0.15, 0.2) is 0 Å². The molecule has 0 spiro atoms. The first-order chi connectivity index (χ1) is 9.83. The zero-order valence-electron chi connectivity index (χ0n) is 13.3. The van der Waals surface area contributed by atoms with E-state index >= 15 is 0 Å². The molecule has 3 aliphatic carbocycles. The average molecular weight is 296 g/mol. The van der Waals surface area contributed by atoms with Gasteiger partial charge in [-0.3, -0.25) is 0 Å². The van der Waals surface area contributed by atoms with E-state index in [0.29, 0.717) is 4.75 Å². The van der Waals surface area contributed by atoms with Gasteiger partial charge in [0.05, 0.1) is 0 Å². The zero-order valence-corrected chi connectivity index (χ0v) is 14.1. The molecule has 20 heavy (non-hydrogen) atoms. The number of hydrogen-bond acceptors (Lipinski definition) is 2. The van der Waals surface area contributed by atoms with Gasteiger partial charge in [-0.15, -0.1) is 0 Å². The van der Waals surface area contributed by atoms with Crippen molar-refractivity contribution in [3.63, 3.8) is 0 Å². The summed E-state index contributed by atoms with van der Waals surface area (Å²) in [6, 6.07) is 0.844. The van der Waals surface area contributed by atoms with Gasteiger partial charge in [0.2, 0.25) is 0 Å². The topological polar surface area (TPSA) is 12.0 Å².